The van der Waals surface area contributed by atoms with Gasteiger partial charge >= 0.3 is 17.6 Å². The van der Waals surface area contributed by atoms with E-state index in [4.69, 9.17) is 19.9 Å². The fourth-order valence-corrected chi connectivity index (χ4v) is 3.91. The van der Waals surface area contributed by atoms with Gasteiger partial charge in [0.1, 0.15) is 18.0 Å². The number of carbonyl (C=O) groups is 2. The van der Waals surface area contributed by atoms with Crippen molar-refractivity contribution >= 4 is 17.8 Å². The summed E-state index contributed by atoms with van der Waals surface area (Å²) < 4.78 is 18.0. The molecule has 0 radical (unpaired) electrons. The summed E-state index contributed by atoms with van der Waals surface area (Å²) in [6.07, 6.45) is -0.927. The van der Waals surface area contributed by atoms with Crippen LogP contribution in [0.25, 0.3) is 0 Å². The number of rotatable bonds is 10. The summed E-state index contributed by atoms with van der Waals surface area (Å²) in [7, 11) is 0. The Bertz CT molecular complexity index is 935. The van der Waals surface area contributed by atoms with Gasteiger partial charge in [0.15, 0.2) is 6.10 Å². The lowest BCUT2D eigenvalue weighted by molar-refractivity contribution is -0.178. The summed E-state index contributed by atoms with van der Waals surface area (Å²) in [5, 5.41) is 20.1. The molecule has 0 spiro atoms. The molecule has 11 heteroatoms. The van der Waals surface area contributed by atoms with Gasteiger partial charge in [-0.1, -0.05) is 27.7 Å². The summed E-state index contributed by atoms with van der Waals surface area (Å²) in [4.78, 5) is 41.9. The molecule has 1 aromatic rings. The van der Waals surface area contributed by atoms with Crippen LogP contribution in [0.2, 0.25) is 0 Å². The molecule has 0 bridgehead atoms. The van der Waals surface area contributed by atoms with Crippen LogP contribution in [0.3, 0.4) is 0 Å². The molecule has 182 valence electrons. The highest BCUT2D eigenvalue weighted by atomic mass is 16.7. The minimum atomic E-state index is -2.23. The third-order valence-corrected chi connectivity index (χ3v) is 6.04. The van der Waals surface area contributed by atoms with Crippen molar-refractivity contribution in [2.24, 2.45) is 11.8 Å². The number of nitrogen functional groups attached to an aromatic ring is 1. The average molecular weight is 465 g/mol. The van der Waals surface area contributed by atoms with Gasteiger partial charge < -0.3 is 25.1 Å². The lowest BCUT2D eigenvalue weighted by atomic mass is 10.00. The van der Waals surface area contributed by atoms with Crippen molar-refractivity contribution in [3.63, 3.8) is 0 Å². The number of aromatic nitrogens is 2. The van der Waals surface area contributed by atoms with Crippen molar-refractivity contribution in [2.45, 2.75) is 77.4 Å². The van der Waals surface area contributed by atoms with E-state index in [1.54, 1.807) is 0 Å². The van der Waals surface area contributed by atoms with Gasteiger partial charge in [0.25, 0.3) is 5.72 Å². The fraction of sp³-hybridized carbons (Fsp3) is 0.682. The molecule has 1 aliphatic rings. The van der Waals surface area contributed by atoms with Gasteiger partial charge in [-0.3, -0.25) is 14.2 Å². The van der Waals surface area contributed by atoms with E-state index < -0.39 is 60.1 Å². The Morgan fingerprint density at radius 3 is 2.21 bits per heavy atom. The highest BCUT2D eigenvalue weighted by Crippen LogP contribution is 2.39. The molecule has 1 fully saturated rings. The lowest BCUT2D eigenvalue weighted by Gasteiger charge is -2.31. The number of aliphatic hydroxyl groups excluding tert-OH is 1. The zero-order valence-electron chi connectivity index (χ0n) is 19.4. The second-order valence-electron chi connectivity index (χ2n) is 7.94. The number of esters is 2. The van der Waals surface area contributed by atoms with Gasteiger partial charge in [0.2, 0.25) is 6.10 Å². The highest BCUT2D eigenvalue weighted by molar-refractivity contribution is 5.74. The molecule has 4 atom stereocenters. The first-order chi connectivity index (χ1) is 15.7. The minimum Gasteiger partial charge on any atom is -0.455 e. The Kier molecular flexibility index (Phi) is 8.96. The van der Waals surface area contributed by atoms with Crippen LogP contribution in [0.15, 0.2) is 17.1 Å². The largest absolute Gasteiger partial charge is 0.455 e. The standard InChI is InChI=1S/C22H32N4O7/c1-5-13(6-2)19(28)31-17-15(11-27)33-22(12-23,26-10-9-16(24)25-21(26)30)18(17)32-20(29)14(7-3)8-4/h9-10,13-15,17-18,27H,5-8,11H2,1-4H3,(H2,24,25,30)/t15-,17-,18-,22-/m1/s1. The second-order valence-corrected chi connectivity index (χ2v) is 7.94. The number of anilines is 1. The fourth-order valence-electron chi connectivity index (χ4n) is 3.91. The zero-order valence-corrected chi connectivity index (χ0v) is 19.4. The molecule has 1 aromatic heterocycles. The maximum Gasteiger partial charge on any atom is 0.352 e. The van der Waals surface area contributed by atoms with Crippen molar-refractivity contribution in [2.75, 3.05) is 12.3 Å². The van der Waals surface area contributed by atoms with Crippen molar-refractivity contribution in [3.8, 4) is 6.07 Å². The first-order valence-corrected chi connectivity index (χ1v) is 11.2. The van der Waals surface area contributed by atoms with E-state index in [1.807, 2.05) is 33.8 Å². The summed E-state index contributed by atoms with van der Waals surface area (Å²) in [5.41, 5.74) is 2.41. The first kappa shape index (κ1) is 26.3. The van der Waals surface area contributed by atoms with Crippen LogP contribution in [0.1, 0.15) is 53.4 Å². The number of carbonyl (C=O) groups excluding carboxylic acids is 2. The van der Waals surface area contributed by atoms with Crippen molar-refractivity contribution in [1.29, 1.82) is 5.26 Å². The quantitative estimate of drug-likeness (QED) is 0.478. The van der Waals surface area contributed by atoms with E-state index in [1.165, 1.54) is 12.3 Å². The molecule has 0 aliphatic carbocycles. The van der Waals surface area contributed by atoms with Gasteiger partial charge in [-0.05, 0) is 31.7 Å². The van der Waals surface area contributed by atoms with Crippen LogP contribution in [-0.4, -0.2) is 51.5 Å². The van der Waals surface area contributed by atoms with Crippen LogP contribution in [0, 0.1) is 23.2 Å². The van der Waals surface area contributed by atoms with Crippen molar-refractivity contribution in [3.05, 3.63) is 22.7 Å². The predicted molar refractivity (Wildman–Crippen MR) is 116 cm³/mol. The highest BCUT2D eigenvalue weighted by Gasteiger charge is 2.62. The summed E-state index contributed by atoms with van der Waals surface area (Å²) in [6.45, 7) is 6.63. The van der Waals surface area contributed by atoms with E-state index in [9.17, 15) is 24.8 Å². The van der Waals surface area contributed by atoms with Gasteiger partial charge in [-0.15, -0.1) is 0 Å². The van der Waals surface area contributed by atoms with E-state index >= 15 is 0 Å². The van der Waals surface area contributed by atoms with E-state index in [2.05, 4.69) is 4.98 Å². The summed E-state index contributed by atoms with van der Waals surface area (Å²) in [5.74, 6) is -2.20. The van der Waals surface area contributed by atoms with E-state index in [-0.39, 0.29) is 5.82 Å². The molecular formula is C22H32N4O7. The number of hydrogen-bond acceptors (Lipinski definition) is 10. The molecule has 33 heavy (non-hydrogen) atoms. The van der Waals surface area contributed by atoms with Crippen LogP contribution < -0.4 is 11.4 Å². The molecule has 11 nitrogen and oxygen atoms in total. The number of nitrogens with zero attached hydrogens (tertiary/aromatic N) is 3. The second kappa shape index (κ2) is 11.2. The molecule has 1 saturated heterocycles. The van der Waals surface area contributed by atoms with Crippen molar-refractivity contribution < 1.29 is 28.9 Å². The molecule has 0 unspecified atom stereocenters. The van der Waals surface area contributed by atoms with E-state index in [0.29, 0.717) is 25.7 Å². The third kappa shape index (κ3) is 5.17. The van der Waals surface area contributed by atoms with Crippen LogP contribution >= 0.6 is 0 Å². The molecule has 1 aliphatic heterocycles. The number of aliphatic hydroxyl groups is 1. The Balaban J connectivity index is 2.61. The lowest BCUT2D eigenvalue weighted by Crippen LogP contribution is -2.52. The number of ether oxygens (including phenoxy) is 3. The smallest absolute Gasteiger partial charge is 0.352 e. The Morgan fingerprint density at radius 1 is 1.21 bits per heavy atom. The molecule has 0 amide bonds. The van der Waals surface area contributed by atoms with Gasteiger partial charge in [0.05, 0.1) is 18.4 Å². The molecule has 2 heterocycles. The van der Waals surface area contributed by atoms with Gasteiger partial charge in [-0.25, -0.2) is 4.79 Å². The third-order valence-electron chi connectivity index (χ3n) is 6.04. The number of hydrogen-bond donors (Lipinski definition) is 2. The van der Waals surface area contributed by atoms with Gasteiger partial charge in [0, 0.05) is 6.20 Å². The zero-order chi connectivity index (χ0) is 24.8. The average Bonchev–Trinajstić information content (AvgIpc) is 3.08. The molecule has 2 rings (SSSR count). The van der Waals surface area contributed by atoms with E-state index in [0.717, 1.165) is 4.57 Å². The maximum atomic E-state index is 12.9. The summed E-state index contributed by atoms with van der Waals surface area (Å²) in [6, 6.07) is 3.17. The number of nitriles is 1. The molecule has 3 N–H and O–H groups in total. The van der Waals surface area contributed by atoms with Crippen molar-refractivity contribution in [1.82, 2.24) is 9.55 Å². The first-order valence-electron chi connectivity index (χ1n) is 11.2. The molecular weight excluding hydrogens is 432 g/mol. The number of nitrogens with two attached hydrogens (primary N) is 1. The molecule has 0 saturated carbocycles. The predicted octanol–water partition coefficient (Wildman–Crippen LogP) is 1.09. The topological polar surface area (TPSA) is 167 Å². The van der Waals surface area contributed by atoms with Crippen LogP contribution in [0.5, 0.6) is 0 Å². The normalized spacial score (nSPS) is 24.6. The Labute approximate surface area is 192 Å². The SMILES string of the molecule is CCC(CC)C(=O)O[C@H]1[C@@H](OC(=O)C(CC)CC)[C@](C#N)(n2ccc(N)nc2=O)O[C@@H]1CO. The summed E-state index contributed by atoms with van der Waals surface area (Å²) >= 11 is 0. The molecule has 0 aromatic carbocycles. The van der Waals surface area contributed by atoms with Gasteiger partial charge in [-0.2, -0.15) is 10.2 Å². The maximum absolute atomic E-state index is 12.9. The monoisotopic (exact) mass is 464 g/mol. The Morgan fingerprint density at radius 2 is 1.76 bits per heavy atom. The van der Waals surface area contributed by atoms with Crippen LogP contribution in [-0.2, 0) is 29.5 Å². The minimum absolute atomic E-state index is 0.0802. The Hall–Kier alpha value is -2.97. The van der Waals surface area contributed by atoms with Crippen LogP contribution in [0.4, 0.5) is 5.82 Å².